The van der Waals surface area contributed by atoms with E-state index in [0.717, 1.165) is 30.9 Å². The Labute approximate surface area is 126 Å². The number of rotatable bonds is 4. The standard InChI is InChI=1S/C17H25N3O/c1-13-8-9-14(12-19-13)17(21)18-10-11-20-15-4-2-5-16(20)7-3-6-15/h8-9,12,15-16H,2-7,10-11H2,1H3,(H,18,21). The first-order valence-electron chi connectivity index (χ1n) is 8.20. The van der Waals surface area contributed by atoms with Gasteiger partial charge in [0.15, 0.2) is 0 Å². The van der Waals surface area contributed by atoms with E-state index in [2.05, 4.69) is 15.2 Å². The van der Waals surface area contributed by atoms with Crippen molar-refractivity contribution in [3.8, 4) is 0 Å². The van der Waals surface area contributed by atoms with Crippen LogP contribution in [0.4, 0.5) is 0 Å². The molecule has 1 aromatic rings. The van der Waals surface area contributed by atoms with Gasteiger partial charge in [-0.25, -0.2) is 0 Å². The van der Waals surface area contributed by atoms with Gasteiger partial charge in [0.05, 0.1) is 5.56 Å². The number of carbonyl (C=O) groups excluding carboxylic acids is 1. The van der Waals surface area contributed by atoms with Crippen LogP contribution in [0.5, 0.6) is 0 Å². The van der Waals surface area contributed by atoms with Crippen LogP contribution in [0.15, 0.2) is 18.3 Å². The maximum atomic E-state index is 12.1. The van der Waals surface area contributed by atoms with E-state index in [-0.39, 0.29) is 5.91 Å². The van der Waals surface area contributed by atoms with E-state index in [1.807, 2.05) is 19.1 Å². The molecule has 0 unspecified atom stereocenters. The van der Waals surface area contributed by atoms with Crippen LogP contribution in [0.25, 0.3) is 0 Å². The molecule has 4 nitrogen and oxygen atoms in total. The quantitative estimate of drug-likeness (QED) is 0.925. The second kappa shape index (κ2) is 6.56. The maximum Gasteiger partial charge on any atom is 0.252 e. The first-order chi connectivity index (χ1) is 10.2. The lowest BCUT2D eigenvalue weighted by Gasteiger charge is -2.46. The SMILES string of the molecule is Cc1ccc(C(=O)NCCN2C3CCCC2CCC3)cn1. The van der Waals surface area contributed by atoms with Crippen molar-refractivity contribution in [1.82, 2.24) is 15.2 Å². The number of aryl methyl sites for hydroxylation is 1. The molecule has 0 spiro atoms. The van der Waals surface area contributed by atoms with Crippen molar-refractivity contribution in [2.24, 2.45) is 0 Å². The van der Waals surface area contributed by atoms with Crippen molar-refractivity contribution in [2.75, 3.05) is 13.1 Å². The molecular weight excluding hydrogens is 262 g/mol. The summed E-state index contributed by atoms with van der Waals surface area (Å²) in [6.45, 7) is 3.65. The molecule has 3 heterocycles. The fourth-order valence-electron chi connectivity index (χ4n) is 3.80. The Morgan fingerprint density at radius 3 is 2.48 bits per heavy atom. The Morgan fingerprint density at radius 2 is 1.90 bits per heavy atom. The number of hydrogen-bond acceptors (Lipinski definition) is 3. The van der Waals surface area contributed by atoms with Gasteiger partial charge < -0.3 is 5.32 Å². The number of aromatic nitrogens is 1. The second-order valence-corrected chi connectivity index (χ2v) is 6.35. The van der Waals surface area contributed by atoms with Crippen molar-refractivity contribution in [3.63, 3.8) is 0 Å². The van der Waals surface area contributed by atoms with Crippen LogP contribution in [0.3, 0.4) is 0 Å². The van der Waals surface area contributed by atoms with Crippen LogP contribution < -0.4 is 5.32 Å². The molecular formula is C17H25N3O. The summed E-state index contributed by atoms with van der Waals surface area (Å²) in [6.07, 6.45) is 9.78. The van der Waals surface area contributed by atoms with Gasteiger partial charge in [-0.2, -0.15) is 0 Å². The normalized spacial score (nSPS) is 25.6. The highest BCUT2D eigenvalue weighted by Crippen LogP contribution is 2.33. The minimum Gasteiger partial charge on any atom is -0.351 e. The molecule has 2 fully saturated rings. The molecule has 1 aromatic heterocycles. The number of nitrogens with zero attached hydrogens (tertiary/aromatic N) is 2. The summed E-state index contributed by atoms with van der Waals surface area (Å²) in [4.78, 5) is 18.9. The Bertz CT molecular complexity index is 463. The Balaban J connectivity index is 1.49. The van der Waals surface area contributed by atoms with E-state index in [0.29, 0.717) is 5.56 Å². The highest BCUT2D eigenvalue weighted by atomic mass is 16.1. The summed E-state index contributed by atoms with van der Waals surface area (Å²) < 4.78 is 0. The summed E-state index contributed by atoms with van der Waals surface area (Å²) in [5, 5.41) is 3.03. The van der Waals surface area contributed by atoms with Crippen LogP contribution in [0.2, 0.25) is 0 Å². The van der Waals surface area contributed by atoms with Crippen LogP contribution in [-0.2, 0) is 0 Å². The molecule has 0 aliphatic carbocycles. The summed E-state index contributed by atoms with van der Waals surface area (Å²) in [5.41, 5.74) is 1.59. The highest BCUT2D eigenvalue weighted by molar-refractivity contribution is 5.93. The molecule has 2 saturated heterocycles. The predicted octanol–water partition coefficient (Wildman–Crippen LogP) is 2.53. The predicted molar refractivity (Wildman–Crippen MR) is 83.3 cm³/mol. The van der Waals surface area contributed by atoms with E-state index >= 15 is 0 Å². The van der Waals surface area contributed by atoms with Gasteiger partial charge in [-0.1, -0.05) is 12.8 Å². The van der Waals surface area contributed by atoms with Gasteiger partial charge in [0.2, 0.25) is 0 Å². The molecule has 4 heteroatoms. The van der Waals surface area contributed by atoms with Crippen LogP contribution in [0.1, 0.15) is 54.6 Å². The highest BCUT2D eigenvalue weighted by Gasteiger charge is 2.33. The van der Waals surface area contributed by atoms with Crippen LogP contribution in [0, 0.1) is 6.92 Å². The molecule has 3 rings (SSSR count). The van der Waals surface area contributed by atoms with Gasteiger partial charge >= 0.3 is 0 Å². The molecule has 2 aliphatic rings. The fraction of sp³-hybridized carbons (Fsp3) is 0.647. The van der Waals surface area contributed by atoms with Crippen LogP contribution >= 0.6 is 0 Å². The summed E-state index contributed by atoms with van der Waals surface area (Å²) in [5.74, 6) is -0.00957. The molecule has 0 radical (unpaired) electrons. The van der Waals surface area contributed by atoms with Gasteiger partial charge in [-0.3, -0.25) is 14.7 Å². The lowest BCUT2D eigenvalue weighted by Crippen LogP contribution is -2.52. The molecule has 1 amide bonds. The Morgan fingerprint density at radius 1 is 1.24 bits per heavy atom. The first-order valence-corrected chi connectivity index (χ1v) is 8.20. The lowest BCUT2D eigenvalue weighted by molar-refractivity contribution is 0.0412. The number of pyridine rings is 1. The maximum absolute atomic E-state index is 12.1. The second-order valence-electron chi connectivity index (χ2n) is 6.35. The minimum absolute atomic E-state index is 0.00957. The molecule has 0 saturated carbocycles. The Hall–Kier alpha value is -1.42. The molecule has 2 aliphatic heterocycles. The van der Waals surface area contributed by atoms with Gasteiger partial charge in [0.1, 0.15) is 0 Å². The zero-order valence-corrected chi connectivity index (χ0v) is 12.8. The van der Waals surface area contributed by atoms with E-state index in [1.165, 1.54) is 38.5 Å². The van der Waals surface area contributed by atoms with Crippen molar-refractivity contribution in [1.29, 1.82) is 0 Å². The van der Waals surface area contributed by atoms with Gasteiger partial charge in [0, 0.05) is 37.1 Å². The third kappa shape index (κ3) is 3.43. The zero-order valence-electron chi connectivity index (χ0n) is 12.8. The van der Waals surface area contributed by atoms with Crippen molar-refractivity contribution in [2.45, 2.75) is 57.5 Å². The van der Waals surface area contributed by atoms with Crippen molar-refractivity contribution < 1.29 is 4.79 Å². The molecule has 1 N–H and O–H groups in total. The third-order valence-electron chi connectivity index (χ3n) is 4.92. The van der Waals surface area contributed by atoms with E-state index in [4.69, 9.17) is 0 Å². The van der Waals surface area contributed by atoms with Gasteiger partial charge in [-0.15, -0.1) is 0 Å². The lowest BCUT2D eigenvalue weighted by atomic mass is 9.84. The number of nitrogens with one attached hydrogen (secondary N) is 1. The van der Waals surface area contributed by atoms with Crippen molar-refractivity contribution >= 4 is 5.91 Å². The summed E-state index contributed by atoms with van der Waals surface area (Å²) >= 11 is 0. The summed E-state index contributed by atoms with van der Waals surface area (Å²) in [6, 6.07) is 5.24. The smallest absolute Gasteiger partial charge is 0.252 e. The largest absolute Gasteiger partial charge is 0.351 e. The third-order valence-corrected chi connectivity index (χ3v) is 4.92. The minimum atomic E-state index is -0.00957. The molecule has 114 valence electrons. The van der Waals surface area contributed by atoms with Crippen molar-refractivity contribution in [3.05, 3.63) is 29.6 Å². The molecule has 0 aromatic carbocycles. The average molecular weight is 287 g/mol. The fourth-order valence-corrected chi connectivity index (χ4v) is 3.80. The van der Waals surface area contributed by atoms with E-state index in [9.17, 15) is 4.79 Å². The first kappa shape index (κ1) is 14.5. The van der Waals surface area contributed by atoms with E-state index in [1.54, 1.807) is 6.20 Å². The molecule has 21 heavy (non-hydrogen) atoms. The number of piperidine rings is 2. The van der Waals surface area contributed by atoms with Gasteiger partial charge in [-0.05, 0) is 44.7 Å². The monoisotopic (exact) mass is 287 g/mol. The van der Waals surface area contributed by atoms with E-state index < -0.39 is 0 Å². The molecule has 0 atom stereocenters. The van der Waals surface area contributed by atoms with Gasteiger partial charge in [0.25, 0.3) is 5.91 Å². The number of amides is 1. The Kier molecular flexibility index (Phi) is 4.54. The number of fused-ring (bicyclic) bond motifs is 2. The topological polar surface area (TPSA) is 45.2 Å². The number of hydrogen-bond donors (Lipinski definition) is 1. The number of carbonyl (C=O) groups is 1. The average Bonchev–Trinajstić information content (AvgIpc) is 2.47. The zero-order chi connectivity index (χ0) is 14.7. The van der Waals surface area contributed by atoms with Crippen LogP contribution in [-0.4, -0.2) is 41.0 Å². The summed E-state index contributed by atoms with van der Waals surface area (Å²) in [7, 11) is 0. The molecule has 2 bridgehead atoms.